The summed E-state index contributed by atoms with van der Waals surface area (Å²) in [6.07, 6.45) is 0. The number of benzene rings is 1. The number of para-hydroxylation sites is 1. The van der Waals surface area contributed by atoms with Crippen molar-refractivity contribution in [1.82, 2.24) is 4.98 Å². The quantitative estimate of drug-likeness (QED) is 0.794. The Balaban J connectivity index is 1.89. The molecular weight excluding hydrogens is 264 g/mol. The van der Waals surface area contributed by atoms with Crippen molar-refractivity contribution in [2.24, 2.45) is 5.73 Å². The van der Waals surface area contributed by atoms with Gasteiger partial charge in [-0.15, -0.1) is 0 Å². The molecule has 0 bridgehead atoms. The molecule has 1 heterocycles. The first-order valence-electron chi connectivity index (χ1n) is 7.20. The zero-order valence-electron chi connectivity index (χ0n) is 12.6. The van der Waals surface area contributed by atoms with Crippen LogP contribution in [0.25, 0.3) is 0 Å². The highest BCUT2D eigenvalue weighted by Gasteiger charge is 2.06. The minimum absolute atomic E-state index is 0.347. The van der Waals surface area contributed by atoms with Crippen molar-refractivity contribution in [3.05, 3.63) is 53.7 Å². The van der Waals surface area contributed by atoms with Gasteiger partial charge in [0.2, 0.25) is 5.88 Å². The van der Waals surface area contributed by atoms with Gasteiger partial charge in [0.15, 0.2) is 0 Å². The lowest BCUT2D eigenvalue weighted by atomic mass is 10.1. The van der Waals surface area contributed by atoms with Gasteiger partial charge in [0.1, 0.15) is 19.0 Å². The average Bonchev–Trinajstić information content (AvgIpc) is 2.52. The molecule has 0 aliphatic rings. The zero-order chi connectivity index (χ0) is 15.1. The second-order valence-corrected chi connectivity index (χ2v) is 5.11. The van der Waals surface area contributed by atoms with Crippen molar-refractivity contribution in [2.45, 2.75) is 26.3 Å². The monoisotopic (exact) mass is 286 g/mol. The maximum Gasteiger partial charge on any atom is 0.213 e. The highest BCUT2D eigenvalue weighted by Crippen LogP contribution is 2.19. The Morgan fingerprint density at radius 1 is 1.05 bits per heavy atom. The first-order chi connectivity index (χ1) is 10.2. The van der Waals surface area contributed by atoms with E-state index in [2.05, 4.69) is 18.8 Å². The normalized spacial score (nSPS) is 10.7. The van der Waals surface area contributed by atoms with Crippen molar-refractivity contribution < 1.29 is 9.47 Å². The van der Waals surface area contributed by atoms with Crippen LogP contribution in [0, 0.1) is 0 Å². The molecule has 1 aromatic heterocycles. The molecule has 0 aliphatic carbocycles. The Morgan fingerprint density at radius 3 is 2.43 bits per heavy atom. The molecular formula is C17H22N2O2. The van der Waals surface area contributed by atoms with E-state index in [-0.39, 0.29) is 0 Å². The minimum atomic E-state index is 0.347. The van der Waals surface area contributed by atoms with E-state index in [0.29, 0.717) is 31.6 Å². The van der Waals surface area contributed by atoms with Crippen LogP contribution in [-0.4, -0.2) is 18.2 Å². The second kappa shape index (κ2) is 7.64. The summed E-state index contributed by atoms with van der Waals surface area (Å²) in [5.41, 5.74) is 7.74. The Hall–Kier alpha value is -2.07. The maximum atomic E-state index is 5.71. The van der Waals surface area contributed by atoms with Crippen LogP contribution in [0.15, 0.2) is 42.5 Å². The number of ether oxygens (including phenoxy) is 2. The minimum Gasteiger partial charge on any atom is -0.490 e. The summed E-state index contributed by atoms with van der Waals surface area (Å²) in [5.74, 6) is 1.80. The third kappa shape index (κ3) is 4.76. The molecule has 2 rings (SSSR count). The van der Waals surface area contributed by atoms with Crippen molar-refractivity contribution >= 4 is 0 Å². The summed E-state index contributed by atoms with van der Waals surface area (Å²) >= 11 is 0. The molecule has 0 unspecified atom stereocenters. The van der Waals surface area contributed by atoms with Gasteiger partial charge in [0.05, 0.1) is 0 Å². The van der Waals surface area contributed by atoms with Gasteiger partial charge in [0, 0.05) is 18.3 Å². The van der Waals surface area contributed by atoms with Gasteiger partial charge >= 0.3 is 0 Å². The number of hydrogen-bond donors (Lipinski definition) is 1. The Morgan fingerprint density at radius 2 is 1.76 bits per heavy atom. The molecule has 2 aromatic rings. The summed E-state index contributed by atoms with van der Waals surface area (Å²) in [6, 6.07) is 13.6. The Labute approximate surface area is 125 Å². The third-order valence-corrected chi connectivity index (χ3v) is 3.05. The highest BCUT2D eigenvalue weighted by atomic mass is 16.5. The molecule has 0 fully saturated rings. The standard InChI is InChI=1S/C17H22N2O2/c1-13(2)16-10-14(12-18)11-17(19-16)21-9-8-20-15-6-4-3-5-7-15/h3-7,10-11,13H,8-9,12,18H2,1-2H3. The summed E-state index contributed by atoms with van der Waals surface area (Å²) in [4.78, 5) is 4.49. The summed E-state index contributed by atoms with van der Waals surface area (Å²) in [7, 11) is 0. The van der Waals surface area contributed by atoms with E-state index in [1.165, 1.54) is 0 Å². The van der Waals surface area contributed by atoms with Crippen molar-refractivity contribution in [3.8, 4) is 11.6 Å². The Kier molecular flexibility index (Phi) is 5.58. The van der Waals surface area contributed by atoms with E-state index < -0.39 is 0 Å². The van der Waals surface area contributed by atoms with Crippen molar-refractivity contribution in [3.63, 3.8) is 0 Å². The summed E-state index contributed by atoms with van der Waals surface area (Å²) in [6.45, 7) is 5.62. The lowest BCUT2D eigenvalue weighted by molar-refractivity contribution is 0.211. The first kappa shape index (κ1) is 15.3. The SMILES string of the molecule is CC(C)c1cc(CN)cc(OCCOc2ccccc2)n1. The topological polar surface area (TPSA) is 57.4 Å². The van der Waals surface area contributed by atoms with Crippen LogP contribution in [0.3, 0.4) is 0 Å². The fourth-order valence-corrected chi connectivity index (χ4v) is 1.89. The fourth-order valence-electron chi connectivity index (χ4n) is 1.89. The van der Waals surface area contributed by atoms with E-state index in [1.54, 1.807) is 0 Å². The predicted octanol–water partition coefficient (Wildman–Crippen LogP) is 3.12. The number of aromatic nitrogens is 1. The van der Waals surface area contributed by atoms with Gasteiger partial charge in [-0.1, -0.05) is 32.0 Å². The second-order valence-electron chi connectivity index (χ2n) is 5.11. The molecule has 4 heteroatoms. The molecule has 2 N–H and O–H groups in total. The zero-order valence-corrected chi connectivity index (χ0v) is 12.6. The number of nitrogens with two attached hydrogens (primary N) is 1. The van der Waals surface area contributed by atoms with Gasteiger partial charge in [0.25, 0.3) is 0 Å². The van der Waals surface area contributed by atoms with E-state index in [1.807, 2.05) is 42.5 Å². The average molecular weight is 286 g/mol. The van der Waals surface area contributed by atoms with Crippen LogP contribution in [0.1, 0.15) is 31.0 Å². The first-order valence-corrected chi connectivity index (χ1v) is 7.20. The number of pyridine rings is 1. The van der Waals surface area contributed by atoms with Crippen LogP contribution in [0.2, 0.25) is 0 Å². The van der Waals surface area contributed by atoms with Crippen molar-refractivity contribution in [1.29, 1.82) is 0 Å². The molecule has 0 aliphatic heterocycles. The largest absolute Gasteiger partial charge is 0.490 e. The van der Waals surface area contributed by atoms with Gasteiger partial charge in [-0.05, 0) is 29.7 Å². The van der Waals surface area contributed by atoms with Crippen LogP contribution < -0.4 is 15.2 Å². The highest BCUT2D eigenvalue weighted by molar-refractivity contribution is 5.26. The molecule has 112 valence electrons. The number of rotatable bonds is 7. The molecule has 0 atom stereocenters. The van der Waals surface area contributed by atoms with Gasteiger partial charge in [-0.2, -0.15) is 0 Å². The lowest BCUT2D eigenvalue weighted by Crippen LogP contribution is -2.11. The molecule has 1 aromatic carbocycles. The molecule has 21 heavy (non-hydrogen) atoms. The molecule has 4 nitrogen and oxygen atoms in total. The van der Waals surface area contributed by atoms with Crippen molar-refractivity contribution in [2.75, 3.05) is 13.2 Å². The summed E-state index contributed by atoms with van der Waals surface area (Å²) in [5, 5.41) is 0. The maximum absolute atomic E-state index is 5.71. The molecule has 0 saturated heterocycles. The third-order valence-electron chi connectivity index (χ3n) is 3.05. The molecule has 0 spiro atoms. The molecule has 0 saturated carbocycles. The van der Waals surface area contributed by atoms with Crippen LogP contribution >= 0.6 is 0 Å². The number of hydrogen-bond acceptors (Lipinski definition) is 4. The lowest BCUT2D eigenvalue weighted by Gasteiger charge is -2.12. The van der Waals surface area contributed by atoms with E-state index >= 15 is 0 Å². The smallest absolute Gasteiger partial charge is 0.213 e. The predicted molar refractivity (Wildman–Crippen MR) is 83.6 cm³/mol. The molecule has 0 radical (unpaired) electrons. The van der Waals surface area contributed by atoms with Crippen LogP contribution in [0.5, 0.6) is 11.6 Å². The Bertz CT molecular complexity index is 556. The number of nitrogens with zero attached hydrogens (tertiary/aromatic N) is 1. The molecule has 0 amide bonds. The van der Waals surface area contributed by atoms with Gasteiger partial charge in [-0.25, -0.2) is 4.98 Å². The van der Waals surface area contributed by atoms with E-state index in [9.17, 15) is 0 Å². The van der Waals surface area contributed by atoms with Gasteiger partial charge < -0.3 is 15.2 Å². The summed E-state index contributed by atoms with van der Waals surface area (Å²) < 4.78 is 11.3. The van der Waals surface area contributed by atoms with E-state index in [4.69, 9.17) is 15.2 Å². The fraction of sp³-hybridized carbons (Fsp3) is 0.353. The van der Waals surface area contributed by atoms with Gasteiger partial charge in [-0.3, -0.25) is 0 Å². The van der Waals surface area contributed by atoms with E-state index in [0.717, 1.165) is 17.0 Å². The van der Waals surface area contributed by atoms with Crippen LogP contribution in [-0.2, 0) is 6.54 Å². The van der Waals surface area contributed by atoms with Crippen LogP contribution in [0.4, 0.5) is 0 Å².